The molecule has 0 N–H and O–H groups in total. The van der Waals surface area contributed by atoms with Crippen molar-refractivity contribution in [2.24, 2.45) is 0 Å². The molecule has 0 amide bonds. The van der Waals surface area contributed by atoms with Gasteiger partial charge in [-0.3, -0.25) is 0 Å². The van der Waals surface area contributed by atoms with Crippen LogP contribution >= 0.6 is 0 Å². The Hall–Kier alpha value is -0.496. The summed E-state index contributed by atoms with van der Waals surface area (Å²) in [4.78, 5) is 0. The summed E-state index contributed by atoms with van der Waals surface area (Å²) in [6.07, 6.45) is 4.66. The molecule has 0 aromatic heterocycles. The summed E-state index contributed by atoms with van der Waals surface area (Å²) >= 11 is 0. The number of rotatable bonds is 3. The van der Waals surface area contributed by atoms with Gasteiger partial charge in [0, 0.05) is 5.41 Å². The third kappa shape index (κ3) is 5.25. The van der Waals surface area contributed by atoms with Gasteiger partial charge in [0.15, 0.2) is 0 Å². The largest absolute Gasteiger partial charge is 4.00 e. The van der Waals surface area contributed by atoms with Crippen molar-refractivity contribution in [1.29, 1.82) is 0 Å². The number of allylic oxidation sites excluding steroid dienone is 4. The fourth-order valence-electron chi connectivity index (χ4n) is 3.13. The van der Waals surface area contributed by atoms with Crippen molar-refractivity contribution in [3.05, 3.63) is 94.6 Å². The van der Waals surface area contributed by atoms with E-state index in [1.54, 1.807) is 0 Å². The summed E-state index contributed by atoms with van der Waals surface area (Å²) < 4.78 is 0. The third-order valence-electron chi connectivity index (χ3n) is 4.73. The minimum Gasteiger partial charge on any atom is -1.00 e. The Morgan fingerprint density at radius 2 is 1.16 bits per heavy atom. The van der Waals surface area contributed by atoms with E-state index in [0.717, 1.165) is 6.42 Å². The van der Waals surface area contributed by atoms with E-state index < -0.39 is 0 Å². The number of hydrogen-bond donors (Lipinski definition) is 0. The first-order chi connectivity index (χ1) is 10.1. The Kier molecular flexibility index (Phi) is 12.0. The maximum Gasteiger partial charge on any atom is 4.00 e. The molecule has 2 aromatic rings. The topological polar surface area (TPSA) is 0 Å². The monoisotopic (exact) mass is 426 g/mol. The van der Waals surface area contributed by atoms with Crippen LogP contribution in [0.3, 0.4) is 0 Å². The Bertz CT molecular complexity index is 667. The smallest absolute Gasteiger partial charge is 1.00 e. The molecule has 0 fully saturated rings. The van der Waals surface area contributed by atoms with Crippen molar-refractivity contribution in [2.75, 3.05) is 0 Å². The molecular formula is C21H21Cl3Ti. The van der Waals surface area contributed by atoms with E-state index in [4.69, 9.17) is 0 Å². The van der Waals surface area contributed by atoms with Gasteiger partial charge in [0.05, 0.1) is 0 Å². The van der Waals surface area contributed by atoms with Crippen molar-refractivity contribution in [1.82, 2.24) is 0 Å². The molecule has 0 saturated heterocycles. The van der Waals surface area contributed by atoms with Gasteiger partial charge >= 0.3 is 21.7 Å². The molecular weight excluding hydrogens is 406 g/mol. The first-order valence-electron chi connectivity index (χ1n) is 7.53. The standard InChI is InChI=1S/C21H21.3ClH.Ti/c1-16-14-20(15-17(16)2)21(3,18-10-6-4-7-11-18)19-12-8-5-9-13-19;;;;/h4-13H,14H2,1-3H3;3*1H;/q-1;;;;+4/p-3. The van der Waals surface area contributed by atoms with Crippen molar-refractivity contribution in [3.8, 4) is 0 Å². The summed E-state index contributed by atoms with van der Waals surface area (Å²) in [7, 11) is 0. The first kappa shape index (κ1) is 26.7. The van der Waals surface area contributed by atoms with E-state index in [0.29, 0.717) is 0 Å². The summed E-state index contributed by atoms with van der Waals surface area (Å²) in [6.45, 7) is 6.70. The second-order valence-corrected chi connectivity index (χ2v) is 6.04. The van der Waals surface area contributed by atoms with Crippen LogP contribution in [0.25, 0.3) is 0 Å². The number of halogens is 3. The van der Waals surface area contributed by atoms with Gasteiger partial charge in [-0.05, 0) is 18.1 Å². The minimum atomic E-state index is -0.110. The molecule has 2 aromatic carbocycles. The second-order valence-electron chi connectivity index (χ2n) is 6.04. The quantitative estimate of drug-likeness (QED) is 0.352. The van der Waals surface area contributed by atoms with Crippen molar-refractivity contribution in [3.63, 3.8) is 0 Å². The summed E-state index contributed by atoms with van der Waals surface area (Å²) in [6, 6.07) is 21.6. The molecule has 1 aliphatic carbocycles. The van der Waals surface area contributed by atoms with E-state index >= 15 is 0 Å². The van der Waals surface area contributed by atoms with Crippen LogP contribution in [0.15, 0.2) is 77.4 Å². The maximum atomic E-state index is 3.64. The molecule has 130 valence electrons. The summed E-state index contributed by atoms with van der Waals surface area (Å²) in [5.74, 6) is 0. The fourth-order valence-corrected chi connectivity index (χ4v) is 3.13. The zero-order chi connectivity index (χ0) is 14.9. The molecule has 0 aliphatic heterocycles. The van der Waals surface area contributed by atoms with Gasteiger partial charge in [-0.2, -0.15) is 5.57 Å². The summed E-state index contributed by atoms with van der Waals surface area (Å²) in [5, 5.41) is 0. The molecule has 0 atom stereocenters. The van der Waals surface area contributed by atoms with Gasteiger partial charge in [-0.1, -0.05) is 74.0 Å². The van der Waals surface area contributed by atoms with Gasteiger partial charge < -0.3 is 37.2 Å². The van der Waals surface area contributed by atoms with E-state index in [1.165, 1.54) is 27.8 Å². The Balaban J connectivity index is 0. The zero-order valence-electron chi connectivity index (χ0n) is 14.6. The van der Waals surface area contributed by atoms with Crippen molar-refractivity contribution < 1.29 is 58.9 Å². The molecule has 0 spiro atoms. The van der Waals surface area contributed by atoms with Crippen LogP contribution in [0.1, 0.15) is 38.3 Å². The Morgan fingerprint density at radius 3 is 1.48 bits per heavy atom. The van der Waals surface area contributed by atoms with E-state index in [2.05, 4.69) is 87.5 Å². The average Bonchev–Trinajstić information content (AvgIpc) is 2.88. The van der Waals surface area contributed by atoms with E-state index in [-0.39, 0.29) is 64.4 Å². The number of benzene rings is 2. The van der Waals surface area contributed by atoms with Crippen molar-refractivity contribution >= 4 is 0 Å². The molecule has 0 nitrogen and oxygen atoms in total. The molecule has 0 bridgehead atoms. The molecule has 4 heteroatoms. The first-order valence-corrected chi connectivity index (χ1v) is 7.53. The molecule has 3 rings (SSSR count). The Morgan fingerprint density at radius 1 is 0.760 bits per heavy atom. The Labute approximate surface area is 185 Å². The minimum absolute atomic E-state index is 0. The molecule has 1 aliphatic rings. The number of hydrogen-bond acceptors (Lipinski definition) is 0. The van der Waals surface area contributed by atoms with Gasteiger partial charge in [0.1, 0.15) is 0 Å². The van der Waals surface area contributed by atoms with Gasteiger partial charge in [-0.15, -0.1) is 6.92 Å². The predicted octanol–water partition coefficient (Wildman–Crippen LogP) is -3.53. The maximum absolute atomic E-state index is 3.64. The van der Waals surface area contributed by atoms with E-state index in [1.807, 2.05) is 0 Å². The predicted molar refractivity (Wildman–Crippen MR) is 89.1 cm³/mol. The normalized spacial score (nSPS) is 12.8. The van der Waals surface area contributed by atoms with Crippen LogP contribution < -0.4 is 37.2 Å². The second kappa shape index (κ2) is 11.3. The van der Waals surface area contributed by atoms with Gasteiger partial charge in [0.25, 0.3) is 0 Å². The zero-order valence-corrected chi connectivity index (χ0v) is 18.4. The van der Waals surface area contributed by atoms with Gasteiger partial charge in [-0.25, -0.2) is 17.2 Å². The van der Waals surface area contributed by atoms with Crippen LogP contribution in [-0.2, 0) is 27.1 Å². The fraction of sp³-hybridized carbons (Fsp3) is 0.238. The molecule has 0 heterocycles. The molecule has 0 radical (unpaired) electrons. The molecule has 25 heavy (non-hydrogen) atoms. The van der Waals surface area contributed by atoms with Crippen LogP contribution in [-0.4, -0.2) is 0 Å². The van der Waals surface area contributed by atoms with Crippen molar-refractivity contribution in [2.45, 2.75) is 32.6 Å². The summed E-state index contributed by atoms with van der Waals surface area (Å²) in [5.41, 5.74) is 6.66. The van der Waals surface area contributed by atoms with Crippen LogP contribution in [0, 0.1) is 6.08 Å². The third-order valence-corrected chi connectivity index (χ3v) is 4.73. The molecule has 0 saturated carbocycles. The molecule has 0 unspecified atom stereocenters. The van der Waals surface area contributed by atoms with Crippen LogP contribution in [0.4, 0.5) is 0 Å². The van der Waals surface area contributed by atoms with Gasteiger partial charge in [0.2, 0.25) is 0 Å². The average molecular weight is 428 g/mol. The SMILES string of the molecule is CC1=C(C)CC(C(C)(c2ccccc2)c2ccccc2)=[C-]1.[Cl-].[Cl-].[Cl-].[Ti+4]. The van der Waals surface area contributed by atoms with Crippen LogP contribution in [0.5, 0.6) is 0 Å². The van der Waals surface area contributed by atoms with E-state index in [9.17, 15) is 0 Å². The van der Waals surface area contributed by atoms with Crippen LogP contribution in [0.2, 0.25) is 0 Å².